The number of halogens is 2. The maximum absolute atomic E-state index is 14.5. The first kappa shape index (κ1) is 14.7. The van der Waals surface area contributed by atoms with E-state index < -0.39 is 12.2 Å². The van der Waals surface area contributed by atoms with Crippen molar-refractivity contribution in [1.82, 2.24) is 9.88 Å². The first-order valence-corrected chi connectivity index (χ1v) is 7.49. The standard InChI is InChI=1S/C15H17ClFN2O2/c16-11-2-3-13(18-8-11)10-1-4-14(12(17)7-10)19-5-6-21-9-15(19)20/h2-4,8,10,12,14H,1,5-7,9H2. The SMILES string of the molecule is O=C1COCCN1C1[CH]CC(c2ccc(Cl)cn2)CC1F. The largest absolute Gasteiger partial charge is 0.370 e. The zero-order chi connectivity index (χ0) is 14.8. The fraction of sp³-hybridized carbons (Fsp3) is 0.533. The summed E-state index contributed by atoms with van der Waals surface area (Å²) in [5, 5.41) is 0.576. The van der Waals surface area contributed by atoms with Crippen molar-refractivity contribution in [3.05, 3.63) is 35.5 Å². The van der Waals surface area contributed by atoms with Crippen molar-refractivity contribution in [3.63, 3.8) is 0 Å². The molecule has 4 nitrogen and oxygen atoms in total. The topological polar surface area (TPSA) is 42.4 Å². The van der Waals surface area contributed by atoms with Crippen molar-refractivity contribution in [1.29, 1.82) is 0 Å². The Bertz CT molecular complexity index is 511. The Morgan fingerprint density at radius 2 is 2.29 bits per heavy atom. The Morgan fingerprint density at radius 3 is 2.95 bits per heavy atom. The number of amides is 1. The number of aromatic nitrogens is 1. The van der Waals surface area contributed by atoms with Gasteiger partial charge in [0.15, 0.2) is 0 Å². The van der Waals surface area contributed by atoms with E-state index in [1.54, 1.807) is 17.2 Å². The van der Waals surface area contributed by atoms with Crippen LogP contribution < -0.4 is 0 Å². The Morgan fingerprint density at radius 1 is 1.43 bits per heavy atom. The van der Waals surface area contributed by atoms with E-state index in [4.69, 9.17) is 16.3 Å². The van der Waals surface area contributed by atoms with Gasteiger partial charge in [0.05, 0.1) is 17.7 Å². The number of rotatable bonds is 2. The normalized spacial score (nSPS) is 30.5. The van der Waals surface area contributed by atoms with Gasteiger partial charge in [0.2, 0.25) is 5.91 Å². The van der Waals surface area contributed by atoms with Gasteiger partial charge in [-0.2, -0.15) is 0 Å². The summed E-state index contributed by atoms with van der Waals surface area (Å²) in [7, 11) is 0. The Labute approximate surface area is 128 Å². The second-order valence-electron chi connectivity index (χ2n) is 5.45. The molecule has 2 heterocycles. The lowest BCUT2D eigenvalue weighted by Crippen LogP contribution is -2.53. The number of nitrogens with zero attached hydrogens (tertiary/aromatic N) is 2. The zero-order valence-electron chi connectivity index (χ0n) is 11.5. The van der Waals surface area contributed by atoms with Crippen LogP contribution >= 0.6 is 11.6 Å². The first-order valence-electron chi connectivity index (χ1n) is 7.11. The van der Waals surface area contributed by atoms with Gasteiger partial charge in [0.25, 0.3) is 0 Å². The zero-order valence-corrected chi connectivity index (χ0v) is 12.3. The molecule has 2 fully saturated rings. The summed E-state index contributed by atoms with van der Waals surface area (Å²) in [6.07, 6.45) is 3.51. The molecule has 0 bridgehead atoms. The average Bonchev–Trinajstić information content (AvgIpc) is 2.49. The average molecular weight is 312 g/mol. The molecule has 1 aliphatic heterocycles. The molecule has 3 unspecified atom stereocenters. The van der Waals surface area contributed by atoms with E-state index in [1.807, 2.05) is 12.5 Å². The summed E-state index contributed by atoms with van der Waals surface area (Å²) in [5.41, 5.74) is 0.852. The summed E-state index contributed by atoms with van der Waals surface area (Å²) in [6, 6.07) is 3.17. The molecule has 3 rings (SSSR count). The fourth-order valence-corrected chi connectivity index (χ4v) is 3.11. The lowest BCUT2D eigenvalue weighted by atomic mass is 9.82. The van der Waals surface area contributed by atoms with Gasteiger partial charge in [0, 0.05) is 24.4 Å². The highest BCUT2D eigenvalue weighted by molar-refractivity contribution is 6.30. The molecule has 0 N–H and O–H groups in total. The van der Waals surface area contributed by atoms with Crippen molar-refractivity contribution in [3.8, 4) is 0 Å². The van der Waals surface area contributed by atoms with Gasteiger partial charge in [0.1, 0.15) is 12.8 Å². The smallest absolute Gasteiger partial charge is 0.249 e. The van der Waals surface area contributed by atoms with Crippen LogP contribution in [0.15, 0.2) is 18.3 Å². The molecular weight excluding hydrogens is 295 g/mol. The molecule has 2 aliphatic rings. The van der Waals surface area contributed by atoms with Crippen molar-refractivity contribution < 1.29 is 13.9 Å². The second-order valence-corrected chi connectivity index (χ2v) is 5.89. The van der Waals surface area contributed by atoms with Crippen LogP contribution in [0.25, 0.3) is 0 Å². The molecule has 113 valence electrons. The van der Waals surface area contributed by atoms with Crippen LogP contribution in [0.5, 0.6) is 0 Å². The Balaban J connectivity index is 1.66. The van der Waals surface area contributed by atoms with Crippen molar-refractivity contribution >= 4 is 17.5 Å². The van der Waals surface area contributed by atoms with Crippen LogP contribution in [0.3, 0.4) is 0 Å². The number of ether oxygens (including phenoxy) is 1. The molecule has 1 saturated heterocycles. The molecule has 21 heavy (non-hydrogen) atoms. The summed E-state index contributed by atoms with van der Waals surface area (Å²) < 4.78 is 19.6. The summed E-state index contributed by atoms with van der Waals surface area (Å²) in [4.78, 5) is 17.7. The molecule has 6 heteroatoms. The van der Waals surface area contributed by atoms with Crippen LogP contribution in [0, 0.1) is 6.42 Å². The van der Waals surface area contributed by atoms with E-state index in [0.29, 0.717) is 31.0 Å². The molecule has 1 aliphatic carbocycles. The summed E-state index contributed by atoms with van der Waals surface area (Å²) >= 11 is 5.82. The van der Waals surface area contributed by atoms with Gasteiger partial charge in [-0.05, 0) is 31.4 Å². The minimum absolute atomic E-state index is 0.0460. The van der Waals surface area contributed by atoms with E-state index in [0.717, 1.165) is 5.69 Å². The first-order chi connectivity index (χ1) is 10.1. The molecule has 1 aromatic heterocycles. The van der Waals surface area contributed by atoms with Gasteiger partial charge in [-0.3, -0.25) is 9.78 Å². The highest BCUT2D eigenvalue weighted by atomic mass is 35.5. The van der Waals surface area contributed by atoms with Gasteiger partial charge < -0.3 is 9.64 Å². The van der Waals surface area contributed by atoms with Crippen molar-refractivity contribution in [2.45, 2.75) is 31.0 Å². The van der Waals surface area contributed by atoms with Crippen LogP contribution in [-0.4, -0.2) is 47.8 Å². The number of carbonyl (C=O) groups is 1. The number of alkyl halides is 1. The summed E-state index contributed by atoms with van der Waals surface area (Å²) in [5.74, 6) is -0.0853. The fourth-order valence-electron chi connectivity index (χ4n) is 3.00. The number of pyridine rings is 1. The van der Waals surface area contributed by atoms with Crippen LogP contribution in [0.4, 0.5) is 4.39 Å². The number of morpholine rings is 1. The molecule has 0 aromatic carbocycles. The van der Waals surface area contributed by atoms with Gasteiger partial charge in [-0.1, -0.05) is 11.6 Å². The minimum Gasteiger partial charge on any atom is -0.370 e. The van der Waals surface area contributed by atoms with Crippen molar-refractivity contribution in [2.24, 2.45) is 0 Å². The highest BCUT2D eigenvalue weighted by Crippen LogP contribution is 2.35. The third kappa shape index (κ3) is 3.19. The summed E-state index contributed by atoms with van der Waals surface area (Å²) in [6.45, 7) is 0.995. The minimum atomic E-state index is -1.07. The van der Waals surface area contributed by atoms with E-state index in [1.165, 1.54) is 0 Å². The maximum Gasteiger partial charge on any atom is 0.249 e. The third-order valence-electron chi connectivity index (χ3n) is 4.09. The lowest BCUT2D eigenvalue weighted by Gasteiger charge is -2.40. The van der Waals surface area contributed by atoms with Gasteiger partial charge in [-0.25, -0.2) is 4.39 Å². The predicted octanol–water partition coefficient (Wildman–Crippen LogP) is 2.38. The molecule has 1 saturated carbocycles. The second kappa shape index (κ2) is 6.28. The third-order valence-corrected chi connectivity index (χ3v) is 4.32. The Kier molecular flexibility index (Phi) is 4.40. The van der Waals surface area contributed by atoms with Crippen LogP contribution in [0.2, 0.25) is 5.02 Å². The monoisotopic (exact) mass is 311 g/mol. The molecule has 1 amide bonds. The quantitative estimate of drug-likeness (QED) is 0.842. The maximum atomic E-state index is 14.5. The van der Waals surface area contributed by atoms with E-state index in [9.17, 15) is 9.18 Å². The highest BCUT2D eigenvalue weighted by Gasteiger charge is 2.38. The number of hydrogen-bond acceptors (Lipinski definition) is 3. The molecule has 1 radical (unpaired) electrons. The number of hydrogen-bond donors (Lipinski definition) is 0. The molecule has 0 spiro atoms. The van der Waals surface area contributed by atoms with E-state index in [2.05, 4.69) is 4.98 Å². The van der Waals surface area contributed by atoms with Crippen molar-refractivity contribution in [2.75, 3.05) is 19.8 Å². The Hall–Kier alpha value is -1.20. The predicted molar refractivity (Wildman–Crippen MR) is 76.7 cm³/mol. The van der Waals surface area contributed by atoms with Gasteiger partial charge >= 0.3 is 0 Å². The van der Waals surface area contributed by atoms with Crippen LogP contribution in [-0.2, 0) is 9.53 Å². The molecule has 1 aromatic rings. The van der Waals surface area contributed by atoms with E-state index in [-0.39, 0.29) is 18.4 Å². The van der Waals surface area contributed by atoms with Crippen LogP contribution in [0.1, 0.15) is 24.5 Å². The number of carbonyl (C=O) groups excluding carboxylic acids is 1. The molecular formula is C15H17ClFN2O2. The lowest BCUT2D eigenvalue weighted by molar-refractivity contribution is -0.147. The van der Waals surface area contributed by atoms with Gasteiger partial charge in [-0.15, -0.1) is 0 Å². The van der Waals surface area contributed by atoms with E-state index >= 15 is 0 Å². The molecule has 3 atom stereocenters.